The lowest BCUT2D eigenvalue weighted by atomic mass is 10.0. The molecule has 74 heavy (non-hydrogen) atoms. The Hall–Kier alpha value is -3.85. The van der Waals surface area contributed by atoms with Gasteiger partial charge in [-0.2, -0.15) is 0 Å². The number of nitrogens with one attached hydrogen (secondary N) is 1. The molecule has 420 valence electrons. The first-order valence-corrected chi connectivity index (χ1v) is 30.5. The Morgan fingerprint density at radius 2 is 0.878 bits per heavy atom. The van der Waals surface area contributed by atoms with Crippen molar-refractivity contribution in [2.45, 2.75) is 219 Å². The van der Waals surface area contributed by atoms with E-state index in [-0.39, 0.29) is 25.4 Å². The highest BCUT2D eigenvalue weighted by molar-refractivity contribution is 7.45. The van der Waals surface area contributed by atoms with E-state index in [0.717, 1.165) is 103 Å². The Kier molecular flexibility index (Phi) is 49.8. The lowest BCUT2D eigenvalue weighted by Gasteiger charge is -2.30. The first kappa shape index (κ1) is 70.1. The molecule has 0 saturated carbocycles. The number of amides is 1. The number of unbranched alkanes of at least 4 members (excludes halogenated alkanes) is 14. The fourth-order valence-electron chi connectivity index (χ4n) is 7.42. The number of phosphoric acid groups is 1. The van der Waals surface area contributed by atoms with Crippen LogP contribution in [0.2, 0.25) is 0 Å². The van der Waals surface area contributed by atoms with Gasteiger partial charge in [-0.3, -0.25) is 14.2 Å². The van der Waals surface area contributed by atoms with Gasteiger partial charge in [-0.05, 0) is 109 Å². The Bertz CT molecular complexity index is 1730. The highest BCUT2D eigenvalue weighted by Crippen LogP contribution is 2.38. The van der Waals surface area contributed by atoms with Crippen molar-refractivity contribution in [2.75, 3.05) is 40.9 Å². The van der Waals surface area contributed by atoms with Crippen molar-refractivity contribution in [3.05, 3.63) is 134 Å². The average molecular weight is 1050 g/mol. The summed E-state index contributed by atoms with van der Waals surface area (Å²) in [5.41, 5.74) is 0. The van der Waals surface area contributed by atoms with Crippen LogP contribution in [0, 0.1) is 0 Å². The van der Waals surface area contributed by atoms with Crippen LogP contribution < -0.4 is 10.2 Å². The fraction of sp³-hybridized carbons (Fsp3) is 0.625. The zero-order valence-corrected chi connectivity index (χ0v) is 48.6. The minimum atomic E-state index is -4.73. The molecular weight excluding hydrogens is 940 g/mol. The van der Waals surface area contributed by atoms with E-state index in [2.05, 4.69) is 135 Å². The Morgan fingerprint density at radius 1 is 0.486 bits per heavy atom. The highest BCUT2D eigenvalue weighted by atomic mass is 31.2. The first-order valence-electron chi connectivity index (χ1n) is 29.0. The summed E-state index contributed by atoms with van der Waals surface area (Å²) in [6, 6.07) is -0.945. The standard InChI is InChI=1S/C64H107N2O7P/c1-7-10-13-16-19-22-25-28-30-32-33-34-36-39-42-45-48-51-54-57-64(68)73-62(55-52-49-46-43-40-37-27-24-21-18-15-12-9-3)61(60-72-74(69,70)71-59-58-66(4,5)6)65-63(67)56-53-50-47-44-41-38-35-31-29-26-23-20-17-14-11-8-2/h10-11,13-14,19-20,22-23,28-31,33-34,38-39,41-42,48,51-52,55,61-62H,7-9,12,15-18,21,24-27,32,35-37,40,43-47,49-50,53-54,56-60H2,1-6H3,(H-,65,67,69,70)/b13-10-,14-11+,22-19-,23-20+,30-28-,31-29+,34-33-,41-38+,42-39-,51-48-,55-52+. The van der Waals surface area contributed by atoms with Crippen LogP contribution in [-0.4, -0.2) is 69.4 Å². The van der Waals surface area contributed by atoms with Crippen LogP contribution in [0.3, 0.4) is 0 Å². The summed E-state index contributed by atoms with van der Waals surface area (Å²) < 4.78 is 30.2. The molecule has 0 aliphatic rings. The highest BCUT2D eigenvalue weighted by Gasteiger charge is 2.27. The molecule has 0 bridgehead atoms. The van der Waals surface area contributed by atoms with Gasteiger partial charge in [0, 0.05) is 12.8 Å². The van der Waals surface area contributed by atoms with Gasteiger partial charge in [-0.15, -0.1) is 0 Å². The number of likely N-dealkylation sites (N-methyl/N-ethyl adjacent to an activating group) is 1. The number of hydrogen-bond donors (Lipinski definition) is 1. The van der Waals surface area contributed by atoms with Crippen LogP contribution in [0.1, 0.15) is 207 Å². The second-order valence-electron chi connectivity index (χ2n) is 20.0. The molecule has 0 aliphatic heterocycles. The summed E-state index contributed by atoms with van der Waals surface area (Å²) in [7, 11) is 1.10. The van der Waals surface area contributed by atoms with Crippen LogP contribution in [0.4, 0.5) is 0 Å². The molecule has 0 saturated heterocycles. The summed E-state index contributed by atoms with van der Waals surface area (Å²) in [5.74, 6) is -0.687. The van der Waals surface area contributed by atoms with Crippen molar-refractivity contribution in [1.29, 1.82) is 0 Å². The van der Waals surface area contributed by atoms with Gasteiger partial charge >= 0.3 is 5.97 Å². The molecule has 1 amide bonds. The number of carbonyl (C=O) groups excluding carboxylic acids is 2. The van der Waals surface area contributed by atoms with Gasteiger partial charge in [-0.1, -0.05) is 219 Å². The fourth-order valence-corrected chi connectivity index (χ4v) is 8.14. The minimum absolute atomic E-state index is 0.0475. The van der Waals surface area contributed by atoms with Gasteiger partial charge in [0.05, 0.1) is 33.8 Å². The van der Waals surface area contributed by atoms with E-state index in [1.165, 1.54) is 57.8 Å². The first-order chi connectivity index (χ1) is 35.9. The van der Waals surface area contributed by atoms with Gasteiger partial charge in [-0.25, -0.2) is 0 Å². The third-order valence-electron chi connectivity index (χ3n) is 11.8. The number of allylic oxidation sites excluding steroid dienone is 21. The maximum Gasteiger partial charge on any atom is 0.306 e. The quantitative estimate of drug-likeness (QED) is 0.0212. The van der Waals surface area contributed by atoms with Crippen LogP contribution in [0.5, 0.6) is 0 Å². The summed E-state index contributed by atoms with van der Waals surface area (Å²) in [5, 5.41) is 2.98. The molecule has 0 radical (unpaired) electrons. The summed E-state index contributed by atoms with van der Waals surface area (Å²) in [4.78, 5) is 39.9. The SMILES string of the molecule is CC/C=C\C/C=C\C/C=C\C/C=C\C/C=C\C/C=C\CCC(=O)OC(/C=C/CCCCCCCCCCCCC)C(COP(=O)([O-])OCC[N+](C)(C)C)NC(=O)CCCCC/C=C/C/C=C/C/C=C/C/C=C/CC. The molecule has 0 aromatic rings. The molecule has 0 spiro atoms. The van der Waals surface area contributed by atoms with Crippen LogP contribution in [0.15, 0.2) is 134 Å². The number of phosphoric ester groups is 1. The number of rotatable bonds is 50. The van der Waals surface area contributed by atoms with E-state index in [9.17, 15) is 19.0 Å². The van der Waals surface area contributed by atoms with Crippen molar-refractivity contribution in [2.24, 2.45) is 0 Å². The van der Waals surface area contributed by atoms with Crippen LogP contribution in [-0.2, 0) is 27.9 Å². The number of ether oxygens (including phenoxy) is 1. The lowest BCUT2D eigenvalue weighted by molar-refractivity contribution is -0.870. The number of hydrogen-bond acceptors (Lipinski definition) is 7. The smallest absolute Gasteiger partial charge is 0.306 e. The predicted molar refractivity (Wildman–Crippen MR) is 316 cm³/mol. The van der Waals surface area contributed by atoms with E-state index < -0.39 is 32.5 Å². The third-order valence-corrected chi connectivity index (χ3v) is 12.8. The molecular formula is C64H107N2O7P. The minimum Gasteiger partial charge on any atom is -0.756 e. The van der Waals surface area contributed by atoms with Crippen molar-refractivity contribution in [3.8, 4) is 0 Å². The lowest BCUT2D eigenvalue weighted by Crippen LogP contribution is -2.47. The largest absolute Gasteiger partial charge is 0.756 e. The van der Waals surface area contributed by atoms with Crippen molar-refractivity contribution in [3.63, 3.8) is 0 Å². The monoisotopic (exact) mass is 1050 g/mol. The second-order valence-corrected chi connectivity index (χ2v) is 21.4. The van der Waals surface area contributed by atoms with E-state index in [4.69, 9.17) is 13.8 Å². The molecule has 0 aliphatic carbocycles. The summed E-state index contributed by atoms with van der Waals surface area (Å²) >= 11 is 0. The Balaban J connectivity index is 5.55. The van der Waals surface area contributed by atoms with Gasteiger partial charge in [0.25, 0.3) is 7.82 Å². The molecule has 10 heteroatoms. The Labute approximate surface area is 454 Å². The number of esters is 1. The van der Waals surface area contributed by atoms with E-state index in [1.807, 2.05) is 39.4 Å². The van der Waals surface area contributed by atoms with Gasteiger partial charge in [0.2, 0.25) is 5.91 Å². The molecule has 0 aromatic carbocycles. The molecule has 3 unspecified atom stereocenters. The molecule has 1 N–H and O–H groups in total. The van der Waals surface area contributed by atoms with Gasteiger partial charge in [0.1, 0.15) is 19.3 Å². The van der Waals surface area contributed by atoms with Crippen molar-refractivity contribution in [1.82, 2.24) is 5.32 Å². The van der Waals surface area contributed by atoms with Crippen LogP contribution in [0.25, 0.3) is 0 Å². The van der Waals surface area contributed by atoms with Crippen molar-refractivity contribution < 1.29 is 37.3 Å². The predicted octanol–water partition coefficient (Wildman–Crippen LogP) is 17.1. The van der Waals surface area contributed by atoms with E-state index in [1.54, 1.807) is 6.08 Å². The molecule has 0 fully saturated rings. The maximum atomic E-state index is 13.5. The molecule has 0 rings (SSSR count). The summed E-state index contributed by atoms with van der Waals surface area (Å²) in [6.07, 6.45) is 74.3. The molecule has 0 aromatic heterocycles. The molecule has 9 nitrogen and oxygen atoms in total. The zero-order valence-electron chi connectivity index (χ0n) is 47.7. The number of nitrogens with zero attached hydrogens (tertiary/aromatic N) is 1. The number of carbonyl (C=O) groups is 2. The number of quaternary nitrogens is 1. The second kappa shape index (κ2) is 52.6. The molecule has 3 atom stereocenters. The third kappa shape index (κ3) is 53.0. The van der Waals surface area contributed by atoms with Gasteiger partial charge in [0.15, 0.2) is 0 Å². The average Bonchev–Trinajstić information content (AvgIpc) is 3.36. The normalized spacial score (nSPS) is 14.7. The zero-order chi connectivity index (χ0) is 54.3. The Morgan fingerprint density at radius 3 is 1.32 bits per heavy atom. The molecule has 0 heterocycles. The van der Waals surface area contributed by atoms with Gasteiger partial charge < -0.3 is 28.5 Å². The van der Waals surface area contributed by atoms with Crippen molar-refractivity contribution >= 4 is 19.7 Å². The van der Waals surface area contributed by atoms with Crippen LogP contribution >= 0.6 is 7.82 Å². The maximum absolute atomic E-state index is 13.5. The van der Waals surface area contributed by atoms with E-state index in [0.29, 0.717) is 23.9 Å². The van der Waals surface area contributed by atoms with E-state index >= 15 is 0 Å². The summed E-state index contributed by atoms with van der Waals surface area (Å²) in [6.45, 7) is 6.51. The topological polar surface area (TPSA) is 114 Å².